The molecule has 0 spiro atoms. The number of benzene rings is 1. The third-order valence-electron chi connectivity index (χ3n) is 4.83. The number of hydrogen-bond acceptors (Lipinski definition) is 5. The van der Waals surface area contributed by atoms with Crippen molar-refractivity contribution >= 4 is 23.8 Å². The first-order valence-corrected chi connectivity index (χ1v) is 10.5. The molecule has 0 aliphatic carbocycles. The van der Waals surface area contributed by atoms with Gasteiger partial charge in [-0.25, -0.2) is 23.4 Å². The van der Waals surface area contributed by atoms with Crippen LogP contribution in [0.5, 0.6) is 0 Å². The number of ether oxygens (including phenoxy) is 1. The lowest BCUT2D eigenvalue weighted by Crippen LogP contribution is -2.51. The molecule has 2 heterocycles. The van der Waals surface area contributed by atoms with Crippen molar-refractivity contribution in [2.75, 3.05) is 25.7 Å². The Morgan fingerprint density at radius 2 is 2.24 bits per heavy atom. The first-order chi connectivity index (χ1) is 14.0. The number of hydrogen-bond donors (Lipinski definition) is 2. The summed E-state index contributed by atoms with van der Waals surface area (Å²) in [7, 11) is 1.25. The molecule has 0 bridgehead atoms. The van der Waals surface area contributed by atoms with Crippen molar-refractivity contribution in [3.63, 3.8) is 0 Å². The molecule has 10 heteroatoms. The number of carbonyl (C=O) groups is 2. The van der Waals surface area contributed by atoms with E-state index in [1.807, 2.05) is 6.26 Å². The molecule has 0 radical (unpaired) electrons. The summed E-state index contributed by atoms with van der Waals surface area (Å²) in [6.45, 7) is 0.248. The highest BCUT2D eigenvalue weighted by Gasteiger charge is 2.37. The van der Waals surface area contributed by atoms with Gasteiger partial charge in [-0.3, -0.25) is 0 Å². The highest BCUT2D eigenvalue weighted by atomic mass is 32.2. The number of fused-ring (bicyclic) bond motifs is 1. The van der Waals surface area contributed by atoms with Gasteiger partial charge < -0.3 is 19.9 Å². The van der Waals surface area contributed by atoms with Crippen molar-refractivity contribution in [1.29, 1.82) is 0 Å². The second-order valence-corrected chi connectivity index (χ2v) is 7.57. The molecule has 0 saturated heterocycles. The zero-order chi connectivity index (χ0) is 21.0. The first kappa shape index (κ1) is 21.1. The van der Waals surface area contributed by atoms with E-state index < -0.39 is 35.7 Å². The number of carbonyl (C=O) groups excluding carboxylic acids is 2. The molecule has 1 aromatic carbocycles. The zero-order valence-corrected chi connectivity index (χ0v) is 16.9. The van der Waals surface area contributed by atoms with E-state index in [0.717, 1.165) is 23.9 Å². The summed E-state index contributed by atoms with van der Waals surface area (Å²) in [6, 6.07) is 0.794. The molecule has 2 amide bonds. The van der Waals surface area contributed by atoms with Gasteiger partial charge in [-0.05, 0) is 36.6 Å². The third-order valence-corrected chi connectivity index (χ3v) is 5.48. The number of methoxy groups -OCH3 is 1. The quantitative estimate of drug-likeness (QED) is 0.697. The van der Waals surface area contributed by atoms with Gasteiger partial charge >= 0.3 is 12.0 Å². The van der Waals surface area contributed by atoms with Crippen molar-refractivity contribution in [3.8, 4) is 0 Å². The number of halogens is 2. The molecular formula is C19H22F2N4O3S. The van der Waals surface area contributed by atoms with Gasteiger partial charge in [0.2, 0.25) is 0 Å². The maximum atomic E-state index is 14.6. The summed E-state index contributed by atoms with van der Waals surface area (Å²) in [5.74, 6) is -1.17. The van der Waals surface area contributed by atoms with E-state index in [1.165, 1.54) is 30.1 Å². The van der Waals surface area contributed by atoms with Crippen LogP contribution in [0.15, 0.2) is 24.5 Å². The number of urea groups is 1. The lowest BCUT2D eigenvalue weighted by molar-refractivity contribution is -0.142. The van der Waals surface area contributed by atoms with Crippen LogP contribution in [0, 0.1) is 11.6 Å². The number of amides is 2. The molecular weight excluding hydrogens is 402 g/mol. The van der Waals surface area contributed by atoms with Gasteiger partial charge in [-0.2, -0.15) is 11.8 Å². The van der Waals surface area contributed by atoms with E-state index in [4.69, 9.17) is 4.74 Å². The van der Waals surface area contributed by atoms with Crippen LogP contribution in [0.4, 0.5) is 13.6 Å². The Morgan fingerprint density at radius 3 is 2.97 bits per heavy atom. The molecule has 1 unspecified atom stereocenters. The van der Waals surface area contributed by atoms with Gasteiger partial charge in [0.05, 0.1) is 19.1 Å². The van der Waals surface area contributed by atoms with Crippen molar-refractivity contribution in [3.05, 3.63) is 53.1 Å². The summed E-state index contributed by atoms with van der Waals surface area (Å²) in [4.78, 5) is 33.7. The largest absolute Gasteiger partial charge is 0.467 e. The Bertz CT molecular complexity index is 892. The molecule has 7 nitrogen and oxygen atoms in total. The Labute approximate surface area is 171 Å². The van der Waals surface area contributed by atoms with Crippen LogP contribution in [0.2, 0.25) is 0 Å². The van der Waals surface area contributed by atoms with Gasteiger partial charge in [0.25, 0.3) is 0 Å². The van der Waals surface area contributed by atoms with Crippen LogP contribution in [0.25, 0.3) is 0 Å². The number of esters is 1. The molecule has 0 fully saturated rings. The zero-order valence-electron chi connectivity index (χ0n) is 16.1. The van der Waals surface area contributed by atoms with Crippen LogP contribution >= 0.6 is 11.8 Å². The fourth-order valence-electron chi connectivity index (χ4n) is 3.39. The molecule has 2 N–H and O–H groups in total. The molecule has 0 saturated carbocycles. The van der Waals surface area contributed by atoms with E-state index in [2.05, 4.69) is 15.3 Å². The fraction of sp³-hybridized carbons (Fsp3) is 0.421. The fourth-order valence-corrected chi connectivity index (χ4v) is 3.86. The Balaban J connectivity index is 1.93. The molecule has 3 rings (SSSR count). The maximum absolute atomic E-state index is 14.6. The average Bonchev–Trinajstić information content (AvgIpc) is 3.20. The van der Waals surface area contributed by atoms with Gasteiger partial charge in [0.15, 0.2) is 0 Å². The van der Waals surface area contributed by atoms with E-state index in [-0.39, 0.29) is 12.1 Å². The Hall–Kier alpha value is -2.62. The SMILES string of the molecule is COC(=O)[C@H](CCSC)NC(=O)N1CCc2[nH]cnc2C1c1cc(F)ccc1F. The minimum Gasteiger partial charge on any atom is -0.467 e. The summed E-state index contributed by atoms with van der Waals surface area (Å²) in [6.07, 6.45) is 4.22. The number of H-pyrrole nitrogens is 1. The number of nitrogens with zero attached hydrogens (tertiary/aromatic N) is 2. The summed E-state index contributed by atoms with van der Waals surface area (Å²) < 4.78 is 33.2. The molecule has 1 aromatic heterocycles. The average molecular weight is 424 g/mol. The summed E-state index contributed by atoms with van der Waals surface area (Å²) >= 11 is 1.54. The molecule has 1 aliphatic rings. The van der Waals surface area contributed by atoms with Crippen molar-refractivity contribution in [2.24, 2.45) is 0 Å². The van der Waals surface area contributed by atoms with Crippen molar-refractivity contribution < 1.29 is 23.1 Å². The molecule has 156 valence electrons. The van der Waals surface area contributed by atoms with Crippen LogP contribution in [-0.4, -0.2) is 58.6 Å². The van der Waals surface area contributed by atoms with E-state index >= 15 is 0 Å². The minimum absolute atomic E-state index is 0.00642. The smallest absolute Gasteiger partial charge is 0.328 e. The van der Waals surface area contributed by atoms with Gasteiger partial charge in [-0.1, -0.05) is 0 Å². The van der Waals surface area contributed by atoms with Crippen LogP contribution in [0.3, 0.4) is 0 Å². The highest BCUT2D eigenvalue weighted by molar-refractivity contribution is 7.98. The Morgan fingerprint density at radius 1 is 1.45 bits per heavy atom. The number of thioether (sulfide) groups is 1. The maximum Gasteiger partial charge on any atom is 0.328 e. The summed E-state index contributed by atoms with van der Waals surface area (Å²) in [5.41, 5.74) is 1.22. The van der Waals surface area contributed by atoms with Gasteiger partial charge in [0, 0.05) is 24.2 Å². The van der Waals surface area contributed by atoms with E-state index in [1.54, 1.807) is 0 Å². The van der Waals surface area contributed by atoms with Crippen molar-refractivity contribution in [2.45, 2.75) is 24.9 Å². The topological polar surface area (TPSA) is 87.3 Å². The lowest BCUT2D eigenvalue weighted by Gasteiger charge is -2.36. The lowest BCUT2D eigenvalue weighted by atomic mass is 9.95. The van der Waals surface area contributed by atoms with E-state index in [9.17, 15) is 18.4 Å². The molecule has 1 aliphatic heterocycles. The normalized spacial score (nSPS) is 16.8. The molecule has 2 aromatic rings. The minimum atomic E-state index is -0.917. The third kappa shape index (κ3) is 4.52. The van der Waals surface area contributed by atoms with Crippen molar-refractivity contribution in [1.82, 2.24) is 20.2 Å². The van der Waals surface area contributed by atoms with Crippen LogP contribution in [0.1, 0.15) is 29.4 Å². The predicted molar refractivity (Wildman–Crippen MR) is 105 cm³/mol. The number of aromatic nitrogens is 2. The van der Waals surface area contributed by atoms with E-state index in [0.29, 0.717) is 24.3 Å². The number of rotatable bonds is 6. The second-order valence-electron chi connectivity index (χ2n) is 6.58. The number of imidazole rings is 1. The second kappa shape index (κ2) is 9.25. The number of aromatic amines is 1. The number of nitrogens with one attached hydrogen (secondary N) is 2. The highest BCUT2D eigenvalue weighted by Crippen LogP contribution is 2.35. The first-order valence-electron chi connectivity index (χ1n) is 9.07. The standard InChI is InChI=1S/C19H22F2N4O3S/c1-28-18(26)15(6-8-29-2)24-19(27)25-7-5-14-16(23-10-22-14)17(25)12-9-11(20)3-4-13(12)21/h3-4,9-10,15,17H,5-8H2,1-2H3,(H,22,23)(H,24,27)/t15-,17?/m0/s1. The Kier molecular flexibility index (Phi) is 6.73. The molecule has 29 heavy (non-hydrogen) atoms. The summed E-state index contributed by atoms with van der Waals surface area (Å²) in [5, 5.41) is 2.67. The predicted octanol–water partition coefficient (Wildman–Crippen LogP) is 2.64. The van der Waals surface area contributed by atoms with Crippen LogP contribution in [-0.2, 0) is 16.0 Å². The van der Waals surface area contributed by atoms with Crippen LogP contribution < -0.4 is 5.32 Å². The molecule has 2 atom stereocenters. The van der Waals surface area contributed by atoms with Gasteiger partial charge in [-0.15, -0.1) is 0 Å². The van der Waals surface area contributed by atoms with Gasteiger partial charge in [0.1, 0.15) is 23.7 Å². The monoisotopic (exact) mass is 424 g/mol.